The Hall–Kier alpha value is -1.26. The standard InChI is InChI=1S/C14H21NO3/c1-3-15(8-9-16-2)10-12-11-17-13-6-4-5-7-14(13)18-12/h4-7,12H,3,8-11H2,1-2H3/t12-/m0/s1. The second-order valence-corrected chi connectivity index (χ2v) is 4.38. The second-order valence-electron chi connectivity index (χ2n) is 4.38. The minimum absolute atomic E-state index is 0.0942. The highest BCUT2D eigenvalue weighted by molar-refractivity contribution is 5.40. The molecule has 0 saturated carbocycles. The van der Waals surface area contributed by atoms with E-state index in [1.165, 1.54) is 0 Å². The van der Waals surface area contributed by atoms with Crippen molar-refractivity contribution in [3.8, 4) is 11.5 Å². The largest absolute Gasteiger partial charge is 0.486 e. The number of hydrogen-bond acceptors (Lipinski definition) is 4. The van der Waals surface area contributed by atoms with E-state index in [4.69, 9.17) is 14.2 Å². The molecule has 0 fully saturated rings. The van der Waals surface area contributed by atoms with Crippen molar-refractivity contribution in [3.05, 3.63) is 24.3 Å². The maximum atomic E-state index is 5.94. The number of rotatable bonds is 6. The lowest BCUT2D eigenvalue weighted by Crippen LogP contribution is -2.42. The van der Waals surface area contributed by atoms with Crippen molar-refractivity contribution >= 4 is 0 Å². The number of nitrogens with zero attached hydrogens (tertiary/aromatic N) is 1. The summed E-state index contributed by atoms with van der Waals surface area (Å²) in [4.78, 5) is 2.31. The fourth-order valence-electron chi connectivity index (χ4n) is 2.04. The maximum Gasteiger partial charge on any atom is 0.161 e. The van der Waals surface area contributed by atoms with E-state index in [1.54, 1.807) is 7.11 Å². The van der Waals surface area contributed by atoms with E-state index < -0.39 is 0 Å². The van der Waals surface area contributed by atoms with Crippen molar-refractivity contribution in [1.82, 2.24) is 4.90 Å². The Morgan fingerprint density at radius 1 is 1.33 bits per heavy atom. The average Bonchev–Trinajstić information content (AvgIpc) is 2.43. The summed E-state index contributed by atoms with van der Waals surface area (Å²) in [6.45, 7) is 6.29. The molecule has 0 amide bonds. The summed E-state index contributed by atoms with van der Waals surface area (Å²) in [5.41, 5.74) is 0. The van der Waals surface area contributed by atoms with E-state index >= 15 is 0 Å². The van der Waals surface area contributed by atoms with Crippen LogP contribution >= 0.6 is 0 Å². The molecule has 1 aliphatic rings. The molecule has 1 atom stereocenters. The Kier molecular flexibility index (Phi) is 4.84. The molecule has 1 heterocycles. The Labute approximate surface area is 108 Å². The molecule has 0 unspecified atom stereocenters. The second kappa shape index (κ2) is 6.61. The van der Waals surface area contributed by atoms with E-state index in [2.05, 4.69) is 11.8 Å². The lowest BCUT2D eigenvalue weighted by atomic mass is 10.2. The van der Waals surface area contributed by atoms with Crippen LogP contribution in [-0.2, 0) is 4.74 Å². The van der Waals surface area contributed by atoms with Gasteiger partial charge in [0.25, 0.3) is 0 Å². The third-order valence-corrected chi connectivity index (χ3v) is 3.09. The van der Waals surface area contributed by atoms with Crippen LogP contribution in [0.5, 0.6) is 11.5 Å². The Balaban J connectivity index is 1.88. The minimum Gasteiger partial charge on any atom is -0.486 e. The zero-order valence-corrected chi connectivity index (χ0v) is 11.1. The quantitative estimate of drug-likeness (QED) is 0.771. The summed E-state index contributed by atoms with van der Waals surface area (Å²) in [7, 11) is 1.73. The summed E-state index contributed by atoms with van der Waals surface area (Å²) in [6, 6.07) is 7.81. The fraction of sp³-hybridized carbons (Fsp3) is 0.571. The van der Waals surface area contributed by atoms with Crippen molar-refractivity contribution in [2.75, 3.05) is 40.0 Å². The van der Waals surface area contributed by atoms with Gasteiger partial charge in [-0.1, -0.05) is 19.1 Å². The molecule has 18 heavy (non-hydrogen) atoms. The number of hydrogen-bond donors (Lipinski definition) is 0. The number of para-hydroxylation sites is 2. The molecule has 0 bridgehead atoms. The van der Waals surface area contributed by atoms with Gasteiger partial charge in [0.1, 0.15) is 12.7 Å². The Morgan fingerprint density at radius 3 is 2.83 bits per heavy atom. The van der Waals surface area contributed by atoms with Crippen LogP contribution in [0, 0.1) is 0 Å². The predicted octanol–water partition coefficient (Wildman–Crippen LogP) is 1.79. The van der Waals surface area contributed by atoms with Crippen LogP contribution in [0.25, 0.3) is 0 Å². The van der Waals surface area contributed by atoms with Crippen LogP contribution in [0.15, 0.2) is 24.3 Å². The van der Waals surface area contributed by atoms with Gasteiger partial charge in [0.05, 0.1) is 6.61 Å². The molecule has 0 aliphatic carbocycles. The highest BCUT2D eigenvalue weighted by Gasteiger charge is 2.22. The van der Waals surface area contributed by atoms with Gasteiger partial charge in [0.15, 0.2) is 11.5 Å². The van der Waals surface area contributed by atoms with Gasteiger partial charge in [-0.3, -0.25) is 4.90 Å². The van der Waals surface area contributed by atoms with E-state index in [9.17, 15) is 0 Å². The fourth-order valence-corrected chi connectivity index (χ4v) is 2.04. The molecular weight excluding hydrogens is 230 g/mol. The van der Waals surface area contributed by atoms with Gasteiger partial charge >= 0.3 is 0 Å². The van der Waals surface area contributed by atoms with Crippen LogP contribution in [0.4, 0.5) is 0 Å². The summed E-state index contributed by atoms with van der Waals surface area (Å²) < 4.78 is 16.7. The van der Waals surface area contributed by atoms with E-state index in [-0.39, 0.29) is 6.10 Å². The number of benzene rings is 1. The first-order valence-corrected chi connectivity index (χ1v) is 6.43. The third-order valence-electron chi connectivity index (χ3n) is 3.09. The lowest BCUT2D eigenvalue weighted by Gasteiger charge is -2.30. The van der Waals surface area contributed by atoms with Crippen molar-refractivity contribution in [1.29, 1.82) is 0 Å². The predicted molar refractivity (Wildman–Crippen MR) is 70.3 cm³/mol. The molecule has 2 rings (SSSR count). The van der Waals surface area contributed by atoms with Crippen molar-refractivity contribution < 1.29 is 14.2 Å². The first kappa shape index (κ1) is 13.2. The summed E-state index contributed by atoms with van der Waals surface area (Å²) >= 11 is 0. The number of fused-ring (bicyclic) bond motifs is 1. The topological polar surface area (TPSA) is 30.9 Å². The smallest absolute Gasteiger partial charge is 0.161 e. The van der Waals surface area contributed by atoms with Gasteiger partial charge in [-0.05, 0) is 18.7 Å². The van der Waals surface area contributed by atoms with E-state index in [1.807, 2.05) is 24.3 Å². The molecule has 4 nitrogen and oxygen atoms in total. The van der Waals surface area contributed by atoms with Crippen LogP contribution in [-0.4, -0.2) is 51.0 Å². The SMILES string of the molecule is CCN(CCOC)C[C@H]1COc2ccccc2O1. The zero-order valence-electron chi connectivity index (χ0n) is 11.1. The first-order valence-electron chi connectivity index (χ1n) is 6.43. The van der Waals surface area contributed by atoms with Gasteiger partial charge in [-0.2, -0.15) is 0 Å². The Bertz CT molecular complexity index is 370. The average molecular weight is 251 g/mol. The molecule has 0 spiro atoms. The van der Waals surface area contributed by atoms with Crippen molar-refractivity contribution in [2.24, 2.45) is 0 Å². The van der Waals surface area contributed by atoms with Crippen LogP contribution < -0.4 is 9.47 Å². The van der Waals surface area contributed by atoms with E-state index in [0.29, 0.717) is 6.61 Å². The molecule has 0 saturated heterocycles. The van der Waals surface area contributed by atoms with Crippen molar-refractivity contribution in [2.45, 2.75) is 13.0 Å². The van der Waals surface area contributed by atoms with E-state index in [0.717, 1.165) is 37.7 Å². The molecule has 0 radical (unpaired) electrons. The molecule has 1 aliphatic heterocycles. The van der Waals surface area contributed by atoms with Crippen LogP contribution in [0.1, 0.15) is 6.92 Å². The molecule has 1 aromatic rings. The summed E-state index contributed by atoms with van der Waals surface area (Å²) in [5.74, 6) is 1.69. The van der Waals surface area contributed by atoms with Gasteiger partial charge < -0.3 is 14.2 Å². The van der Waals surface area contributed by atoms with Gasteiger partial charge in [-0.15, -0.1) is 0 Å². The summed E-state index contributed by atoms with van der Waals surface area (Å²) in [6.07, 6.45) is 0.0942. The molecule has 1 aromatic carbocycles. The highest BCUT2D eigenvalue weighted by Crippen LogP contribution is 2.30. The first-order chi connectivity index (χ1) is 8.83. The molecule has 4 heteroatoms. The number of ether oxygens (including phenoxy) is 3. The number of likely N-dealkylation sites (N-methyl/N-ethyl adjacent to an activating group) is 1. The summed E-state index contributed by atoms with van der Waals surface area (Å²) in [5, 5.41) is 0. The minimum atomic E-state index is 0.0942. The maximum absolute atomic E-state index is 5.94. The third kappa shape index (κ3) is 3.37. The van der Waals surface area contributed by atoms with Gasteiger partial charge in [-0.25, -0.2) is 0 Å². The monoisotopic (exact) mass is 251 g/mol. The molecule has 0 aromatic heterocycles. The van der Waals surface area contributed by atoms with Crippen LogP contribution in [0.3, 0.4) is 0 Å². The van der Waals surface area contributed by atoms with Crippen molar-refractivity contribution in [3.63, 3.8) is 0 Å². The van der Waals surface area contributed by atoms with Gasteiger partial charge in [0.2, 0.25) is 0 Å². The van der Waals surface area contributed by atoms with Gasteiger partial charge in [0, 0.05) is 20.2 Å². The number of methoxy groups -OCH3 is 1. The normalized spacial score (nSPS) is 18.1. The highest BCUT2D eigenvalue weighted by atomic mass is 16.6. The lowest BCUT2D eigenvalue weighted by molar-refractivity contribution is 0.0516. The molecule has 100 valence electrons. The zero-order chi connectivity index (χ0) is 12.8. The van der Waals surface area contributed by atoms with Crippen LogP contribution in [0.2, 0.25) is 0 Å². The molecule has 0 N–H and O–H groups in total. The molecular formula is C14H21NO3. The Morgan fingerprint density at radius 2 is 2.11 bits per heavy atom.